The van der Waals surface area contributed by atoms with Crippen LogP contribution in [-0.2, 0) is 11.2 Å². The molecule has 10 heteroatoms. The van der Waals surface area contributed by atoms with Crippen LogP contribution in [0.1, 0.15) is 26.6 Å². The number of aromatic nitrogens is 2. The number of amides is 1. The van der Waals surface area contributed by atoms with E-state index >= 15 is 0 Å². The van der Waals surface area contributed by atoms with E-state index in [1.165, 1.54) is 0 Å². The molecule has 1 aromatic carbocycles. The zero-order chi connectivity index (χ0) is 22.9. The predicted octanol–water partition coefficient (Wildman–Crippen LogP) is 4.35. The third kappa shape index (κ3) is 5.75. The smallest absolute Gasteiger partial charge is 0.410 e. The Morgan fingerprint density at radius 1 is 1.26 bits per heavy atom. The molecular formula is C21H28BrClFN5O2. The Balaban J connectivity index is 1.91. The summed E-state index contributed by atoms with van der Waals surface area (Å²) in [7, 11) is 3.93. The van der Waals surface area contributed by atoms with Gasteiger partial charge >= 0.3 is 6.09 Å². The quantitative estimate of drug-likeness (QED) is 0.563. The van der Waals surface area contributed by atoms with E-state index in [1.54, 1.807) is 11.0 Å². The monoisotopic (exact) mass is 515 g/mol. The fourth-order valence-corrected chi connectivity index (χ4v) is 3.80. The van der Waals surface area contributed by atoms with E-state index in [0.29, 0.717) is 49.6 Å². The van der Waals surface area contributed by atoms with Crippen molar-refractivity contribution in [3.8, 4) is 0 Å². The van der Waals surface area contributed by atoms with Crippen LogP contribution < -0.4 is 4.90 Å². The topological polar surface area (TPSA) is 61.8 Å². The first-order chi connectivity index (χ1) is 14.5. The van der Waals surface area contributed by atoms with Crippen molar-refractivity contribution in [3.63, 3.8) is 0 Å². The van der Waals surface area contributed by atoms with Gasteiger partial charge in [-0.15, -0.1) is 0 Å². The van der Waals surface area contributed by atoms with Gasteiger partial charge in [0.05, 0.1) is 9.50 Å². The molecule has 1 fully saturated rings. The molecule has 0 N–H and O–H groups in total. The number of halogens is 3. The summed E-state index contributed by atoms with van der Waals surface area (Å²) < 4.78 is 20.7. The van der Waals surface area contributed by atoms with Crippen LogP contribution in [0, 0.1) is 5.82 Å². The van der Waals surface area contributed by atoms with Crippen molar-refractivity contribution < 1.29 is 13.9 Å². The van der Waals surface area contributed by atoms with Crippen LogP contribution >= 0.6 is 27.5 Å². The van der Waals surface area contributed by atoms with E-state index < -0.39 is 11.4 Å². The van der Waals surface area contributed by atoms with Gasteiger partial charge in [0.2, 0.25) is 0 Å². The summed E-state index contributed by atoms with van der Waals surface area (Å²) in [4.78, 5) is 27.4. The average molecular weight is 517 g/mol. The molecule has 1 amide bonds. The molecule has 0 aliphatic carbocycles. The normalized spacial score (nSPS) is 15.1. The van der Waals surface area contributed by atoms with E-state index in [-0.39, 0.29) is 21.1 Å². The fraction of sp³-hybridized carbons (Fsp3) is 0.571. The minimum atomic E-state index is -0.542. The average Bonchev–Trinajstić information content (AvgIpc) is 2.69. The van der Waals surface area contributed by atoms with Crippen LogP contribution in [-0.4, -0.2) is 78.3 Å². The van der Waals surface area contributed by atoms with Crippen LogP contribution in [0.5, 0.6) is 0 Å². The Kier molecular flexibility index (Phi) is 7.28. The van der Waals surface area contributed by atoms with Gasteiger partial charge in [-0.1, -0.05) is 11.6 Å². The summed E-state index contributed by atoms with van der Waals surface area (Å²) in [6.07, 6.45) is 0.262. The van der Waals surface area contributed by atoms with Gasteiger partial charge in [0.15, 0.2) is 5.82 Å². The maximum Gasteiger partial charge on any atom is 0.410 e. The van der Waals surface area contributed by atoms with Crippen molar-refractivity contribution in [1.29, 1.82) is 0 Å². The van der Waals surface area contributed by atoms with Gasteiger partial charge in [0, 0.05) is 44.5 Å². The van der Waals surface area contributed by atoms with E-state index in [2.05, 4.69) is 20.9 Å². The number of nitrogens with zero attached hydrogens (tertiary/aromatic N) is 5. The van der Waals surface area contributed by atoms with Gasteiger partial charge < -0.3 is 19.4 Å². The largest absolute Gasteiger partial charge is 0.444 e. The lowest BCUT2D eigenvalue weighted by atomic mass is 10.2. The number of rotatable bonds is 4. The Morgan fingerprint density at radius 3 is 2.48 bits per heavy atom. The zero-order valence-corrected chi connectivity index (χ0v) is 20.8. The molecule has 0 atom stereocenters. The zero-order valence-electron chi connectivity index (χ0n) is 18.5. The SMILES string of the molecule is CN(C)CCc1nc(N2CCN(C(=O)OC(C)(C)C)CC2)c2cc(Cl)c(Br)c(F)c2n1. The third-order valence-electron chi connectivity index (χ3n) is 4.87. The number of benzene rings is 1. The molecule has 1 aliphatic heterocycles. The molecule has 170 valence electrons. The summed E-state index contributed by atoms with van der Waals surface area (Å²) in [5.74, 6) is 0.708. The summed E-state index contributed by atoms with van der Waals surface area (Å²) in [6, 6.07) is 1.69. The summed E-state index contributed by atoms with van der Waals surface area (Å²) >= 11 is 9.44. The first kappa shape index (κ1) is 23.9. The first-order valence-corrected chi connectivity index (χ1v) is 11.3. The lowest BCUT2D eigenvalue weighted by molar-refractivity contribution is 0.0240. The minimum Gasteiger partial charge on any atom is -0.444 e. The Labute approximate surface area is 195 Å². The van der Waals surface area contributed by atoms with Gasteiger partial charge in [-0.25, -0.2) is 19.2 Å². The molecule has 1 saturated heterocycles. The van der Waals surface area contributed by atoms with E-state index in [4.69, 9.17) is 21.3 Å². The van der Waals surface area contributed by atoms with Crippen LogP contribution in [0.25, 0.3) is 10.9 Å². The highest BCUT2D eigenvalue weighted by atomic mass is 79.9. The third-order valence-corrected chi connectivity index (χ3v) is 6.17. The van der Waals surface area contributed by atoms with Crippen LogP contribution in [0.2, 0.25) is 5.02 Å². The number of ether oxygens (including phenoxy) is 1. The molecule has 7 nitrogen and oxygen atoms in total. The number of hydrogen-bond acceptors (Lipinski definition) is 6. The number of hydrogen-bond donors (Lipinski definition) is 0. The maximum atomic E-state index is 15.0. The molecule has 2 heterocycles. The summed E-state index contributed by atoms with van der Waals surface area (Å²) in [5.41, 5.74) is -0.301. The minimum absolute atomic E-state index is 0.194. The van der Waals surface area contributed by atoms with Gasteiger partial charge in [-0.2, -0.15) is 0 Å². The number of carbonyl (C=O) groups is 1. The van der Waals surface area contributed by atoms with Crippen LogP contribution in [0.4, 0.5) is 15.0 Å². The second kappa shape index (κ2) is 9.42. The summed E-state index contributed by atoms with van der Waals surface area (Å²) in [5, 5.41) is 0.827. The number of carbonyl (C=O) groups excluding carboxylic acids is 1. The van der Waals surface area contributed by atoms with Crippen molar-refractivity contribution in [2.24, 2.45) is 0 Å². The van der Waals surface area contributed by atoms with Crippen molar-refractivity contribution in [2.45, 2.75) is 32.8 Å². The number of piperazine rings is 1. The fourth-order valence-electron chi connectivity index (χ4n) is 3.31. The number of fused-ring (bicyclic) bond motifs is 1. The van der Waals surface area contributed by atoms with Crippen molar-refractivity contribution in [2.75, 3.05) is 51.7 Å². The molecule has 3 rings (SSSR count). The lowest BCUT2D eigenvalue weighted by Gasteiger charge is -2.36. The molecule has 0 bridgehead atoms. The second-order valence-electron chi connectivity index (χ2n) is 8.85. The molecule has 0 radical (unpaired) electrons. The highest BCUT2D eigenvalue weighted by molar-refractivity contribution is 9.10. The number of anilines is 1. The maximum absolute atomic E-state index is 15.0. The molecule has 1 aliphatic rings. The van der Waals surface area contributed by atoms with Gasteiger partial charge in [0.25, 0.3) is 0 Å². The Bertz CT molecular complexity index is 975. The Hall–Kier alpha value is -1.71. The molecule has 31 heavy (non-hydrogen) atoms. The molecule has 0 spiro atoms. The van der Waals surface area contributed by atoms with Crippen LogP contribution in [0.15, 0.2) is 10.5 Å². The van der Waals surface area contributed by atoms with E-state index in [9.17, 15) is 9.18 Å². The highest BCUT2D eigenvalue weighted by Gasteiger charge is 2.28. The highest BCUT2D eigenvalue weighted by Crippen LogP contribution is 2.35. The molecular weight excluding hydrogens is 489 g/mol. The lowest BCUT2D eigenvalue weighted by Crippen LogP contribution is -2.50. The molecule has 0 unspecified atom stereocenters. The summed E-state index contributed by atoms with van der Waals surface area (Å²) in [6.45, 7) is 8.36. The Morgan fingerprint density at radius 2 is 1.90 bits per heavy atom. The van der Waals surface area contributed by atoms with E-state index in [0.717, 1.165) is 6.54 Å². The molecule has 2 aromatic rings. The molecule has 1 aromatic heterocycles. The van der Waals surface area contributed by atoms with Gasteiger partial charge in [-0.3, -0.25) is 0 Å². The van der Waals surface area contributed by atoms with Crippen LogP contribution in [0.3, 0.4) is 0 Å². The molecule has 0 saturated carbocycles. The standard InChI is InChI=1S/C21H28BrClFN5O2/c1-21(2,3)31-20(30)29-10-8-28(9-11-29)19-13-12-14(23)16(22)17(24)18(13)25-15(26-19)6-7-27(4)5/h12H,6-11H2,1-5H3. The van der Waals surface area contributed by atoms with Crippen molar-refractivity contribution >= 4 is 50.3 Å². The first-order valence-electron chi connectivity index (χ1n) is 10.2. The predicted molar refractivity (Wildman–Crippen MR) is 124 cm³/mol. The number of likely N-dealkylation sites (N-methyl/N-ethyl adjacent to an activating group) is 1. The van der Waals surface area contributed by atoms with Gasteiger partial charge in [0.1, 0.15) is 22.8 Å². The van der Waals surface area contributed by atoms with Gasteiger partial charge in [-0.05, 0) is 56.9 Å². The van der Waals surface area contributed by atoms with E-state index in [1.807, 2.05) is 44.7 Å². The van der Waals surface area contributed by atoms with Crippen molar-refractivity contribution in [3.05, 3.63) is 27.2 Å². The van der Waals surface area contributed by atoms with Crippen molar-refractivity contribution in [1.82, 2.24) is 19.8 Å². The second-order valence-corrected chi connectivity index (χ2v) is 10.1.